The fourth-order valence-corrected chi connectivity index (χ4v) is 1.86. The van der Waals surface area contributed by atoms with Crippen molar-refractivity contribution in [2.75, 3.05) is 16.4 Å². The van der Waals surface area contributed by atoms with Gasteiger partial charge in [-0.25, -0.2) is 0 Å². The third-order valence-electron chi connectivity index (χ3n) is 3.10. The summed E-state index contributed by atoms with van der Waals surface area (Å²) in [5.41, 5.74) is 8.02. The first-order valence-corrected chi connectivity index (χ1v) is 6.83. The second-order valence-corrected chi connectivity index (χ2v) is 4.88. The highest BCUT2D eigenvalue weighted by atomic mass is 16.3. The van der Waals surface area contributed by atoms with Gasteiger partial charge in [0.05, 0.1) is 17.1 Å². The number of phenolic OH excluding ortho intramolecular Hbond substituents is 1. The number of benzene rings is 2. The Morgan fingerprint density at radius 3 is 2.70 bits per heavy atom. The molecule has 0 aliphatic heterocycles. The predicted octanol–water partition coefficient (Wildman–Crippen LogP) is 2.74. The molecule has 6 nitrogen and oxygen atoms in total. The number of aryl methyl sites for hydroxylation is 1. The van der Waals surface area contributed by atoms with Crippen molar-refractivity contribution in [2.45, 2.75) is 6.92 Å². The van der Waals surface area contributed by atoms with E-state index in [0.717, 1.165) is 5.56 Å². The van der Waals surface area contributed by atoms with E-state index in [4.69, 9.17) is 11.0 Å². The number of hydrogen-bond acceptors (Lipinski definition) is 5. The van der Waals surface area contributed by atoms with Crippen LogP contribution in [0.5, 0.6) is 5.75 Å². The molecule has 0 aliphatic carbocycles. The van der Waals surface area contributed by atoms with Gasteiger partial charge >= 0.3 is 0 Å². The Balaban J connectivity index is 2.16. The highest BCUT2D eigenvalue weighted by Gasteiger charge is 2.11. The van der Waals surface area contributed by atoms with Crippen molar-refractivity contribution >= 4 is 23.0 Å². The van der Waals surface area contributed by atoms with Crippen molar-refractivity contribution in [3.63, 3.8) is 0 Å². The van der Waals surface area contributed by atoms with Crippen molar-refractivity contribution in [2.24, 2.45) is 0 Å². The summed E-state index contributed by atoms with van der Waals surface area (Å²) in [5.74, 6) is -0.707. The summed E-state index contributed by atoms with van der Waals surface area (Å²) in [5, 5.41) is 24.1. The zero-order valence-electron chi connectivity index (χ0n) is 12.5. The number of phenols is 1. The van der Waals surface area contributed by atoms with Crippen LogP contribution in [0, 0.1) is 18.3 Å². The molecule has 0 saturated heterocycles. The minimum Gasteiger partial charge on any atom is -0.506 e. The van der Waals surface area contributed by atoms with Gasteiger partial charge in [-0.1, -0.05) is 18.2 Å². The Kier molecular flexibility index (Phi) is 4.85. The molecule has 0 radical (unpaired) electrons. The monoisotopic (exact) mass is 308 g/mol. The fourth-order valence-electron chi connectivity index (χ4n) is 1.86. The van der Waals surface area contributed by atoms with Crippen molar-refractivity contribution in [3.8, 4) is 11.8 Å². The van der Waals surface area contributed by atoms with Gasteiger partial charge in [0.15, 0.2) is 0 Å². The Morgan fingerprint density at radius 2 is 2.00 bits per heavy atom. The fraction of sp³-hybridized carbons (Fsp3) is 0.0588. The van der Waals surface area contributed by atoms with Gasteiger partial charge in [-0.05, 0) is 36.8 Å². The zero-order chi connectivity index (χ0) is 16.8. The minimum absolute atomic E-state index is 0.0750. The molecule has 1 amide bonds. The number of nitrogens with zero attached hydrogens (tertiary/aromatic N) is 1. The first kappa shape index (κ1) is 15.9. The van der Waals surface area contributed by atoms with E-state index in [0.29, 0.717) is 11.4 Å². The van der Waals surface area contributed by atoms with Crippen LogP contribution in [0.15, 0.2) is 54.2 Å². The van der Waals surface area contributed by atoms with Crippen molar-refractivity contribution < 1.29 is 9.90 Å². The number of nitrogens with one attached hydrogen (secondary N) is 2. The Bertz CT molecular complexity index is 806. The summed E-state index contributed by atoms with van der Waals surface area (Å²) >= 11 is 0. The van der Waals surface area contributed by atoms with E-state index in [9.17, 15) is 9.90 Å². The molecule has 0 spiro atoms. The topological polar surface area (TPSA) is 111 Å². The molecule has 2 rings (SSSR count). The zero-order valence-corrected chi connectivity index (χ0v) is 12.5. The average molecular weight is 308 g/mol. The molecule has 0 aliphatic rings. The quantitative estimate of drug-likeness (QED) is 0.300. The summed E-state index contributed by atoms with van der Waals surface area (Å²) < 4.78 is 0. The lowest BCUT2D eigenvalue weighted by atomic mass is 10.2. The molecule has 2 aromatic carbocycles. The van der Waals surface area contributed by atoms with E-state index >= 15 is 0 Å². The standard InChI is InChI=1S/C17H16N4O2/c1-11-6-7-13(19)15(8-11)20-10-12(9-18)17(23)21-14-4-2-3-5-16(14)22/h2-8,10,20,22H,19H2,1H3,(H,21,23)/b12-10-. The van der Waals surface area contributed by atoms with E-state index in [1.165, 1.54) is 18.3 Å². The van der Waals surface area contributed by atoms with Crippen LogP contribution in [-0.2, 0) is 4.79 Å². The number of para-hydroxylation sites is 2. The number of aromatic hydroxyl groups is 1. The van der Waals surface area contributed by atoms with Crippen LogP contribution in [0.1, 0.15) is 5.56 Å². The van der Waals surface area contributed by atoms with Gasteiger partial charge in [0, 0.05) is 6.20 Å². The molecule has 0 aromatic heterocycles. The van der Waals surface area contributed by atoms with Crippen molar-refractivity contribution in [1.82, 2.24) is 0 Å². The molecule has 23 heavy (non-hydrogen) atoms. The van der Waals surface area contributed by atoms with Gasteiger partial charge in [0.1, 0.15) is 17.4 Å². The van der Waals surface area contributed by atoms with Crippen LogP contribution in [0.25, 0.3) is 0 Å². The van der Waals surface area contributed by atoms with Gasteiger partial charge in [0.25, 0.3) is 5.91 Å². The average Bonchev–Trinajstić information content (AvgIpc) is 2.53. The number of carbonyl (C=O) groups excluding carboxylic acids is 1. The summed E-state index contributed by atoms with van der Waals surface area (Å²) in [6.07, 6.45) is 1.28. The maximum absolute atomic E-state index is 12.1. The van der Waals surface area contributed by atoms with Crippen LogP contribution >= 0.6 is 0 Å². The van der Waals surface area contributed by atoms with E-state index in [1.807, 2.05) is 25.1 Å². The Morgan fingerprint density at radius 1 is 1.26 bits per heavy atom. The first-order valence-electron chi connectivity index (χ1n) is 6.83. The number of anilines is 3. The summed E-state index contributed by atoms with van der Waals surface area (Å²) in [6, 6.07) is 13.5. The van der Waals surface area contributed by atoms with E-state index in [1.54, 1.807) is 18.2 Å². The maximum Gasteiger partial charge on any atom is 0.267 e. The Labute approximate surface area is 133 Å². The lowest BCUT2D eigenvalue weighted by molar-refractivity contribution is -0.112. The lowest BCUT2D eigenvalue weighted by Gasteiger charge is -2.08. The smallest absolute Gasteiger partial charge is 0.267 e. The van der Waals surface area contributed by atoms with Crippen molar-refractivity contribution in [1.29, 1.82) is 5.26 Å². The number of nitrogens with two attached hydrogens (primary N) is 1. The van der Waals surface area contributed by atoms with Crippen LogP contribution < -0.4 is 16.4 Å². The summed E-state index contributed by atoms with van der Waals surface area (Å²) in [4.78, 5) is 12.1. The second-order valence-electron chi connectivity index (χ2n) is 4.88. The normalized spacial score (nSPS) is 10.7. The van der Waals surface area contributed by atoms with Gasteiger partial charge in [-0.3, -0.25) is 4.79 Å². The largest absolute Gasteiger partial charge is 0.506 e. The predicted molar refractivity (Wildman–Crippen MR) is 89.6 cm³/mol. The molecule has 0 atom stereocenters. The third-order valence-corrected chi connectivity index (χ3v) is 3.10. The van der Waals surface area contributed by atoms with Crippen LogP contribution in [0.3, 0.4) is 0 Å². The highest BCUT2D eigenvalue weighted by Crippen LogP contribution is 2.22. The minimum atomic E-state index is -0.632. The third kappa shape index (κ3) is 4.02. The summed E-state index contributed by atoms with van der Waals surface area (Å²) in [7, 11) is 0. The first-order chi connectivity index (χ1) is 11.0. The maximum atomic E-state index is 12.1. The van der Waals surface area contributed by atoms with Crippen LogP contribution in [0.2, 0.25) is 0 Å². The molecular formula is C17H16N4O2. The molecule has 0 unspecified atom stereocenters. The lowest BCUT2D eigenvalue weighted by Crippen LogP contribution is -2.14. The molecule has 5 N–H and O–H groups in total. The van der Waals surface area contributed by atoms with E-state index in [-0.39, 0.29) is 17.0 Å². The highest BCUT2D eigenvalue weighted by molar-refractivity contribution is 6.07. The number of nitriles is 1. The molecule has 0 saturated carbocycles. The molecule has 2 aromatic rings. The van der Waals surface area contributed by atoms with E-state index < -0.39 is 5.91 Å². The van der Waals surface area contributed by atoms with Crippen LogP contribution in [-0.4, -0.2) is 11.0 Å². The van der Waals surface area contributed by atoms with Crippen LogP contribution in [0.4, 0.5) is 17.1 Å². The molecule has 116 valence electrons. The number of nitrogen functional groups attached to an aromatic ring is 1. The van der Waals surface area contributed by atoms with Gasteiger partial charge in [0.2, 0.25) is 0 Å². The molecular weight excluding hydrogens is 292 g/mol. The number of carbonyl (C=O) groups is 1. The molecule has 0 fully saturated rings. The van der Waals surface area contributed by atoms with Gasteiger partial charge in [-0.2, -0.15) is 5.26 Å². The number of amides is 1. The Hall–Kier alpha value is -3.46. The molecule has 0 bridgehead atoms. The summed E-state index contributed by atoms with van der Waals surface area (Å²) in [6.45, 7) is 1.91. The number of hydrogen-bond donors (Lipinski definition) is 4. The SMILES string of the molecule is Cc1ccc(N)c(N/C=C(/C#N)C(=O)Nc2ccccc2O)c1. The van der Waals surface area contributed by atoms with E-state index in [2.05, 4.69) is 10.6 Å². The van der Waals surface area contributed by atoms with Crippen molar-refractivity contribution in [3.05, 3.63) is 59.8 Å². The van der Waals surface area contributed by atoms with Gasteiger partial charge in [-0.15, -0.1) is 0 Å². The van der Waals surface area contributed by atoms with Gasteiger partial charge < -0.3 is 21.5 Å². The number of rotatable bonds is 4. The molecule has 6 heteroatoms. The molecule has 0 heterocycles. The second kappa shape index (κ2) is 7.00.